The third-order valence-corrected chi connectivity index (χ3v) is 7.78. The summed E-state index contributed by atoms with van der Waals surface area (Å²) in [6.07, 6.45) is 7.16. The lowest BCUT2D eigenvalue weighted by atomic mass is 9.82. The molecule has 218 valence electrons. The predicted molar refractivity (Wildman–Crippen MR) is 166 cm³/mol. The van der Waals surface area contributed by atoms with Crippen LogP contribution in [-0.2, 0) is 9.53 Å². The van der Waals surface area contributed by atoms with Crippen molar-refractivity contribution in [3.8, 4) is 5.75 Å². The zero-order chi connectivity index (χ0) is 29.6. The van der Waals surface area contributed by atoms with E-state index in [4.69, 9.17) is 32.7 Å². The number of aromatic nitrogens is 1. The van der Waals surface area contributed by atoms with Gasteiger partial charge >= 0.3 is 0 Å². The molecule has 1 aliphatic heterocycles. The molecule has 3 aromatic rings. The Balaban J connectivity index is 1.41. The van der Waals surface area contributed by atoms with Crippen molar-refractivity contribution in [2.24, 2.45) is 11.8 Å². The van der Waals surface area contributed by atoms with Gasteiger partial charge < -0.3 is 25.4 Å². The summed E-state index contributed by atoms with van der Waals surface area (Å²) in [6, 6.07) is 15.8. The minimum atomic E-state index is -0.605. The molecular weight excluding hydrogens is 575 g/mol. The molecule has 0 saturated carbocycles. The SMILES string of the molecule is COc1ccc(C2=CC(C)C(C(=O)Nc3ccc(Cl)cc3C(=O)Nc3ccc(Cl)cn3)C(OC3CCNCC3)=C2)cc1. The van der Waals surface area contributed by atoms with Gasteiger partial charge in [0.05, 0.1) is 23.4 Å². The Bertz CT molecular complexity index is 1500. The van der Waals surface area contributed by atoms with Crippen LogP contribution in [0.4, 0.5) is 11.5 Å². The molecule has 42 heavy (non-hydrogen) atoms. The van der Waals surface area contributed by atoms with E-state index >= 15 is 0 Å². The number of piperidine rings is 1. The number of hydrogen-bond acceptors (Lipinski definition) is 6. The number of nitrogens with one attached hydrogen (secondary N) is 3. The maximum Gasteiger partial charge on any atom is 0.258 e. The quantitative estimate of drug-likeness (QED) is 0.267. The number of rotatable bonds is 8. The molecule has 2 unspecified atom stereocenters. The Kier molecular flexibility index (Phi) is 9.47. The van der Waals surface area contributed by atoms with Gasteiger partial charge in [0.2, 0.25) is 5.91 Å². The number of allylic oxidation sites excluding steroid dienone is 3. The van der Waals surface area contributed by atoms with Crippen LogP contribution >= 0.6 is 23.2 Å². The van der Waals surface area contributed by atoms with Crippen molar-refractivity contribution >= 4 is 52.1 Å². The van der Waals surface area contributed by atoms with Crippen LogP contribution in [0, 0.1) is 11.8 Å². The van der Waals surface area contributed by atoms with Crippen LogP contribution in [-0.4, -0.2) is 43.1 Å². The summed E-state index contributed by atoms with van der Waals surface area (Å²) >= 11 is 12.2. The monoisotopic (exact) mass is 606 g/mol. The number of carbonyl (C=O) groups is 2. The summed E-state index contributed by atoms with van der Waals surface area (Å²) in [7, 11) is 1.63. The van der Waals surface area contributed by atoms with Crippen molar-refractivity contribution in [1.82, 2.24) is 10.3 Å². The van der Waals surface area contributed by atoms with Crippen LogP contribution in [0.2, 0.25) is 10.0 Å². The molecule has 1 fully saturated rings. The van der Waals surface area contributed by atoms with Crippen LogP contribution in [0.25, 0.3) is 5.57 Å². The van der Waals surface area contributed by atoms with Crippen LogP contribution in [0.3, 0.4) is 0 Å². The maximum atomic E-state index is 13.9. The lowest BCUT2D eigenvalue weighted by molar-refractivity contribution is -0.121. The van der Waals surface area contributed by atoms with Gasteiger partial charge in [-0.25, -0.2) is 4.98 Å². The van der Waals surface area contributed by atoms with E-state index in [-0.39, 0.29) is 23.5 Å². The number of methoxy groups -OCH3 is 1. The van der Waals surface area contributed by atoms with E-state index in [1.54, 1.807) is 31.4 Å². The average molecular weight is 608 g/mol. The zero-order valence-electron chi connectivity index (χ0n) is 23.3. The van der Waals surface area contributed by atoms with E-state index in [1.165, 1.54) is 12.3 Å². The average Bonchev–Trinajstić information content (AvgIpc) is 2.99. The second kappa shape index (κ2) is 13.4. The fourth-order valence-corrected chi connectivity index (χ4v) is 5.41. The molecule has 2 amide bonds. The van der Waals surface area contributed by atoms with Gasteiger partial charge in [0.15, 0.2) is 0 Å². The Morgan fingerprint density at radius 1 is 0.976 bits per heavy atom. The lowest BCUT2D eigenvalue weighted by Gasteiger charge is -2.33. The van der Waals surface area contributed by atoms with Gasteiger partial charge in [0.1, 0.15) is 29.3 Å². The Morgan fingerprint density at radius 3 is 2.40 bits per heavy atom. The molecule has 0 spiro atoms. The molecule has 1 aliphatic carbocycles. The highest BCUT2D eigenvalue weighted by molar-refractivity contribution is 6.31. The van der Waals surface area contributed by atoms with E-state index in [0.717, 1.165) is 42.8 Å². The summed E-state index contributed by atoms with van der Waals surface area (Å²) < 4.78 is 11.8. The van der Waals surface area contributed by atoms with Gasteiger partial charge in [-0.3, -0.25) is 9.59 Å². The lowest BCUT2D eigenvalue weighted by Crippen LogP contribution is -2.37. The molecule has 8 nitrogen and oxygen atoms in total. The highest BCUT2D eigenvalue weighted by atomic mass is 35.5. The number of ether oxygens (including phenoxy) is 2. The first-order chi connectivity index (χ1) is 20.3. The first-order valence-corrected chi connectivity index (χ1v) is 14.5. The smallest absolute Gasteiger partial charge is 0.258 e. The van der Waals surface area contributed by atoms with Crippen molar-refractivity contribution in [3.05, 3.63) is 99.9 Å². The number of pyridine rings is 1. The summed E-state index contributed by atoms with van der Waals surface area (Å²) in [5, 5.41) is 9.86. The molecule has 5 rings (SSSR count). The second-order valence-corrected chi connectivity index (χ2v) is 11.2. The molecule has 1 saturated heterocycles. The van der Waals surface area contributed by atoms with E-state index < -0.39 is 11.8 Å². The number of carbonyl (C=O) groups excluding carboxylic acids is 2. The summed E-state index contributed by atoms with van der Waals surface area (Å²) in [5.74, 6) is 0.143. The van der Waals surface area contributed by atoms with Gasteiger partial charge in [-0.15, -0.1) is 0 Å². The third kappa shape index (κ3) is 7.13. The Morgan fingerprint density at radius 2 is 1.71 bits per heavy atom. The molecule has 2 atom stereocenters. The summed E-state index contributed by atoms with van der Waals surface area (Å²) in [5.41, 5.74) is 2.50. The van der Waals surface area contributed by atoms with Gasteiger partial charge in [0, 0.05) is 11.2 Å². The molecule has 10 heteroatoms. The van der Waals surface area contributed by atoms with Crippen LogP contribution in [0.5, 0.6) is 5.75 Å². The van der Waals surface area contributed by atoms with Crippen LogP contribution < -0.4 is 20.7 Å². The minimum Gasteiger partial charge on any atom is -0.497 e. The zero-order valence-corrected chi connectivity index (χ0v) is 24.8. The van der Waals surface area contributed by atoms with E-state index in [9.17, 15) is 9.59 Å². The number of nitrogens with zero attached hydrogens (tertiary/aromatic N) is 1. The van der Waals surface area contributed by atoms with E-state index in [0.29, 0.717) is 27.3 Å². The van der Waals surface area contributed by atoms with Gasteiger partial charge in [0.25, 0.3) is 5.91 Å². The molecule has 3 N–H and O–H groups in total. The van der Waals surface area contributed by atoms with Gasteiger partial charge in [-0.05, 0) is 91.5 Å². The van der Waals surface area contributed by atoms with Crippen molar-refractivity contribution in [2.75, 3.05) is 30.8 Å². The molecule has 2 aromatic carbocycles. The topological polar surface area (TPSA) is 102 Å². The summed E-state index contributed by atoms with van der Waals surface area (Å²) in [4.78, 5) is 31.3. The number of halogens is 2. The van der Waals surface area contributed by atoms with Crippen molar-refractivity contribution in [1.29, 1.82) is 0 Å². The number of benzene rings is 2. The second-order valence-electron chi connectivity index (χ2n) is 10.3. The third-order valence-electron chi connectivity index (χ3n) is 7.32. The maximum absolute atomic E-state index is 13.9. The first kappa shape index (κ1) is 29.6. The number of hydrogen-bond donors (Lipinski definition) is 3. The summed E-state index contributed by atoms with van der Waals surface area (Å²) in [6.45, 7) is 3.71. The molecule has 2 heterocycles. The Hall–Kier alpha value is -3.85. The van der Waals surface area contributed by atoms with E-state index in [2.05, 4.69) is 27.0 Å². The van der Waals surface area contributed by atoms with Crippen molar-refractivity contribution in [3.63, 3.8) is 0 Å². The highest BCUT2D eigenvalue weighted by Crippen LogP contribution is 2.37. The van der Waals surface area contributed by atoms with Crippen LogP contribution in [0.1, 0.15) is 35.7 Å². The fourth-order valence-electron chi connectivity index (χ4n) is 5.13. The van der Waals surface area contributed by atoms with Gasteiger partial charge in [-0.2, -0.15) is 0 Å². The van der Waals surface area contributed by atoms with Gasteiger partial charge in [-0.1, -0.05) is 48.3 Å². The molecule has 2 aliphatic rings. The van der Waals surface area contributed by atoms with E-state index in [1.807, 2.05) is 37.3 Å². The molecular formula is C32H32Cl2N4O4. The largest absolute Gasteiger partial charge is 0.497 e. The number of anilines is 2. The highest BCUT2D eigenvalue weighted by Gasteiger charge is 2.35. The minimum absolute atomic E-state index is 0.000959. The molecule has 0 bridgehead atoms. The number of amides is 2. The van der Waals surface area contributed by atoms with Crippen LogP contribution in [0.15, 0.2) is 78.7 Å². The Labute approximate surface area is 255 Å². The molecule has 0 radical (unpaired) electrons. The standard InChI is InChI=1S/C32H32Cl2N4O4/c1-19-15-21(20-3-7-24(41-2)8-4-20)16-28(42-25-11-13-35-14-12-25)30(19)32(40)37-27-9-5-22(33)17-26(27)31(39)38-29-10-6-23(34)18-36-29/h3-10,15-19,25,30,35H,11-14H2,1-2H3,(H,37,40)(H,36,38,39). The fraction of sp³-hybridized carbons (Fsp3) is 0.281. The van der Waals surface area contributed by atoms with Crippen molar-refractivity contribution in [2.45, 2.75) is 25.9 Å². The normalized spacial score (nSPS) is 18.9. The first-order valence-electron chi connectivity index (χ1n) is 13.8. The predicted octanol–water partition coefficient (Wildman–Crippen LogP) is 6.59. The van der Waals surface area contributed by atoms with Crippen molar-refractivity contribution < 1.29 is 19.1 Å². The molecule has 1 aromatic heterocycles.